The van der Waals surface area contributed by atoms with Crippen LogP contribution in [-0.2, 0) is 19.1 Å². The first-order valence-corrected chi connectivity index (χ1v) is 7.19. The highest BCUT2D eigenvalue weighted by Crippen LogP contribution is 2.21. The van der Waals surface area contributed by atoms with Crippen LogP contribution >= 0.6 is 0 Å². The average molecular weight is 300 g/mol. The van der Waals surface area contributed by atoms with Gasteiger partial charge in [0, 0.05) is 32.7 Å². The molecule has 21 heavy (non-hydrogen) atoms. The lowest BCUT2D eigenvalue weighted by molar-refractivity contribution is -0.148. The molecule has 0 aromatic rings. The zero-order chi connectivity index (χ0) is 16.0. The quantitative estimate of drug-likeness (QED) is 0.691. The fraction of sp³-hybridized carbons (Fsp3) is 0.786. The van der Waals surface area contributed by atoms with Crippen LogP contribution in [-0.4, -0.2) is 72.1 Å². The summed E-state index contributed by atoms with van der Waals surface area (Å²) in [7, 11) is 1.56. The molecule has 1 saturated heterocycles. The number of rotatable bonds is 8. The Kier molecular flexibility index (Phi) is 6.61. The van der Waals surface area contributed by atoms with Crippen molar-refractivity contribution in [2.75, 3.05) is 33.4 Å². The number of carboxylic acid groups (broad SMARTS) is 1. The molecule has 0 aromatic carbocycles. The molecular formula is C14H24N2O5. The standard InChI is InChI=1S/C14H24N2O5/c1-4-10(2)16(9-13(18)19)14(20)11-7-12(17)15(8-11)5-6-21-3/h10-11H,4-9H2,1-3H3,(H,18,19)/t10-,11-/m1/s1. The number of ether oxygens (including phenoxy) is 1. The maximum Gasteiger partial charge on any atom is 0.323 e. The van der Waals surface area contributed by atoms with Crippen molar-refractivity contribution in [1.82, 2.24) is 9.80 Å². The van der Waals surface area contributed by atoms with Gasteiger partial charge < -0.3 is 19.6 Å². The van der Waals surface area contributed by atoms with E-state index >= 15 is 0 Å². The second-order valence-electron chi connectivity index (χ2n) is 5.35. The van der Waals surface area contributed by atoms with Crippen molar-refractivity contribution in [3.8, 4) is 0 Å². The molecule has 0 radical (unpaired) electrons. The molecule has 0 saturated carbocycles. The Bertz CT molecular complexity index is 399. The monoisotopic (exact) mass is 300 g/mol. The first-order valence-electron chi connectivity index (χ1n) is 7.19. The minimum atomic E-state index is -1.04. The van der Waals surface area contributed by atoms with Crippen molar-refractivity contribution < 1.29 is 24.2 Å². The average Bonchev–Trinajstić information content (AvgIpc) is 2.82. The Labute approximate surface area is 124 Å². The van der Waals surface area contributed by atoms with E-state index in [2.05, 4.69) is 0 Å². The Balaban J connectivity index is 2.71. The van der Waals surface area contributed by atoms with Gasteiger partial charge >= 0.3 is 5.97 Å². The summed E-state index contributed by atoms with van der Waals surface area (Å²) in [6, 6.07) is -0.156. The number of carbonyl (C=O) groups is 3. The molecule has 2 amide bonds. The van der Waals surface area contributed by atoms with E-state index in [1.165, 1.54) is 4.90 Å². The lowest BCUT2D eigenvalue weighted by Gasteiger charge is -2.29. The normalized spacial score (nSPS) is 19.7. The van der Waals surface area contributed by atoms with E-state index in [0.717, 1.165) is 0 Å². The fourth-order valence-electron chi connectivity index (χ4n) is 2.41. The van der Waals surface area contributed by atoms with E-state index in [0.29, 0.717) is 26.1 Å². The number of nitrogens with zero attached hydrogens (tertiary/aromatic N) is 2. The molecule has 0 unspecified atom stereocenters. The summed E-state index contributed by atoms with van der Waals surface area (Å²) in [5.41, 5.74) is 0. The van der Waals surface area contributed by atoms with Gasteiger partial charge in [-0.2, -0.15) is 0 Å². The van der Waals surface area contributed by atoms with Crippen LogP contribution in [0, 0.1) is 5.92 Å². The van der Waals surface area contributed by atoms with Crippen LogP contribution in [0.15, 0.2) is 0 Å². The van der Waals surface area contributed by atoms with Crippen LogP contribution in [0.3, 0.4) is 0 Å². The largest absolute Gasteiger partial charge is 0.480 e. The van der Waals surface area contributed by atoms with Gasteiger partial charge in [-0.25, -0.2) is 0 Å². The summed E-state index contributed by atoms with van der Waals surface area (Å²) in [6.07, 6.45) is 0.822. The zero-order valence-electron chi connectivity index (χ0n) is 12.9. The smallest absolute Gasteiger partial charge is 0.323 e. The van der Waals surface area contributed by atoms with Crippen LogP contribution in [0.5, 0.6) is 0 Å². The van der Waals surface area contributed by atoms with Gasteiger partial charge in [-0.15, -0.1) is 0 Å². The summed E-state index contributed by atoms with van der Waals surface area (Å²) < 4.78 is 4.94. The van der Waals surface area contributed by atoms with E-state index in [1.54, 1.807) is 12.0 Å². The van der Waals surface area contributed by atoms with Gasteiger partial charge in [-0.3, -0.25) is 14.4 Å². The number of methoxy groups -OCH3 is 1. The predicted octanol–water partition coefficient (Wildman–Crippen LogP) is 0.193. The minimum absolute atomic E-state index is 0.0789. The second kappa shape index (κ2) is 7.97. The zero-order valence-corrected chi connectivity index (χ0v) is 12.9. The Morgan fingerprint density at radius 2 is 2.19 bits per heavy atom. The topological polar surface area (TPSA) is 87.2 Å². The maximum atomic E-state index is 12.5. The number of hydrogen-bond donors (Lipinski definition) is 1. The Morgan fingerprint density at radius 3 is 2.71 bits per heavy atom. The molecule has 1 heterocycles. The molecule has 0 aliphatic carbocycles. The molecular weight excluding hydrogens is 276 g/mol. The molecule has 7 heteroatoms. The van der Waals surface area contributed by atoms with E-state index in [1.807, 2.05) is 13.8 Å². The molecule has 2 atom stereocenters. The highest BCUT2D eigenvalue weighted by Gasteiger charge is 2.37. The Hall–Kier alpha value is -1.63. The van der Waals surface area contributed by atoms with Crippen LogP contribution in [0.2, 0.25) is 0 Å². The number of carboxylic acids is 1. The highest BCUT2D eigenvalue weighted by molar-refractivity contribution is 5.90. The third-order valence-electron chi connectivity index (χ3n) is 3.84. The first-order chi connectivity index (χ1) is 9.90. The lowest BCUT2D eigenvalue weighted by Crippen LogP contribution is -2.45. The number of aliphatic carboxylic acids is 1. The number of amides is 2. The summed E-state index contributed by atoms with van der Waals surface area (Å²) in [5, 5.41) is 8.95. The van der Waals surface area contributed by atoms with Crippen molar-refractivity contribution in [3.05, 3.63) is 0 Å². The lowest BCUT2D eigenvalue weighted by atomic mass is 10.1. The highest BCUT2D eigenvalue weighted by atomic mass is 16.5. The SMILES string of the molecule is CC[C@@H](C)N(CC(=O)O)C(=O)[C@@H]1CC(=O)N(CCOC)C1. The van der Waals surface area contributed by atoms with E-state index in [-0.39, 0.29) is 30.8 Å². The number of hydrogen-bond acceptors (Lipinski definition) is 4. The summed E-state index contributed by atoms with van der Waals surface area (Å²) >= 11 is 0. The molecule has 120 valence electrons. The maximum absolute atomic E-state index is 12.5. The van der Waals surface area contributed by atoms with Gasteiger partial charge in [-0.05, 0) is 13.3 Å². The van der Waals surface area contributed by atoms with Crippen LogP contribution in [0.4, 0.5) is 0 Å². The number of likely N-dealkylation sites (tertiary alicyclic amines) is 1. The van der Waals surface area contributed by atoms with E-state index in [9.17, 15) is 14.4 Å². The Morgan fingerprint density at radius 1 is 1.52 bits per heavy atom. The summed E-state index contributed by atoms with van der Waals surface area (Å²) in [4.78, 5) is 38.3. The molecule has 1 aliphatic heterocycles. The molecule has 0 spiro atoms. The molecule has 1 fully saturated rings. The van der Waals surface area contributed by atoms with Gasteiger partial charge in [0.05, 0.1) is 12.5 Å². The molecule has 1 aliphatic rings. The van der Waals surface area contributed by atoms with Crippen LogP contribution < -0.4 is 0 Å². The molecule has 0 bridgehead atoms. The van der Waals surface area contributed by atoms with E-state index < -0.39 is 11.9 Å². The first kappa shape index (κ1) is 17.4. The van der Waals surface area contributed by atoms with Gasteiger partial charge in [0.1, 0.15) is 6.54 Å². The van der Waals surface area contributed by atoms with Crippen molar-refractivity contribution in [3.63, 3.8) is 0 Å². The predicted molar refractivity (Wildman–Crippen MR) is 75.7 cm³/mol. The van der Waals surface area contributed by atoms with Gasteiger partial charge in [0.25, 0.3) is 0 Å². The van der Waals surface area contributed by atoms with Crippen molar-refractivity contribution in [2.24, 2.45) is 5.92 Å². The van der Waals surface area contributed by atoms with E-state index in [4.69, 9.17) is 9.84 Å². The molecule has 1 N–H and O–H groups in total. The minimum Gasteiger partial charge on any atom is -0.480 e. The van der Waals surface area contributed by atoms with Gasteiger partial charge in [0.2, 0.25) is 11.8 Å². The van der Waals surface area contributed by atoms with Crippen LogP contribution in [0.25, 0.3) is 0 Å². The van der Waals surface area contributed by atoms with Crippen molar-refractivity contribution in [2.45, 2.75) is 32.7 Å². The third-order valence-corrected chi connectivity index (χ3v) is 3.84. The molecule has 1 rings (SSSR count). The molecule has 7 nitrogen and oxygen atoms in total. The fourth-order valence-corrected chi connectivity index (χ4v) is 2.41. The molecule has 0 aromatic heterocycles. The summed E-state index contributed by atoms with van der Waals surface area (Å²) in [5.74, 6) is -1.82. The van der Waals surface area contributed by atoms with Crippen molar-refractivity contribution >= 4 is 17.8 Å². The van der Waals surface area contributed by atoms with Crippen LogP contribution in [0.1, 0.15) is 26.7 Å². The third kappa shape index (κ3) is 4.70. The number of carbonyl (C=O) groups excluding carboxylic acids is 2. The van der Waals surface area contributed by atoms with Gasteiger partial charge in [-0.1, -0.05) is 6.92 Å². The van der Waals surface area contributed by atoms with Gasteiger partial charge in [0.15, 0.2) is 0 Å². The second-order valence-corrected chi connectivity index (χ2v) is 5.35. The van der Waals surface area contributed by atoms with Crippen molar-refractivity contribution in [1.29, 1.82) is 0 Å². The summed E-state index contributed by atoms with van der Waals surface area (Å²) in [6.45, 7) is 4.63.